The second kappa shape index (κ2) is 5.08. The molecule has 0 spiro atoms. The van der Waals surface area contributed by atoms with Gasteiger partial charge in [0.2, 0.25) is 11.8 Å². The molecule has 116 valence electrons. The molecular formula is C15H17N3O3S. The zero-order valence-corrected chi connectivity index (χ0v) is 12.9. The van der Waals surface area contributed by atoms with Gasteiger partial charge in [-0.3, -0.25) is 14.4 Å². The van der Waals surface area contributed by atoms with Gasteiger partial charge in [0.05, 0.1) is 11.4 Å². The van der Waals surface area contributed by atoms with Crippen LogP contribution in [0.4, 0.5) is 0 Å². The zero-order valence-electron chi connectivity index (χ0n) is 12.1. The van der Waals surface area contributed by atoms with Gasteiger partial charge in [0.25, 0.3) is 5.91 Å². The molecule has 0 radical (unpaired) electrons. The molecule has 3 fully saturated rings. The lowest BCUT2D eigenvalue weighted by molar-refractivity contribution is -0.162. The number of hydrogen-bond acceptors (Lipinski definition) is 4. The van der Waals surface area contributed by atoms with Crippen LogP contribution < -0.4 is 0 Å². The number of piperazine rings is 2. The Hall–Kier alpha value is -1.89. The van der Waals surface area contributed by atoms with Gasteiger partial charge in [-0.2, -0.15) is 0 Å². The van der Waals surface area contributed by atoms with Gasteiger partial charge < -0.3 is 14.7 Å². The normalized spacial score (nSPS) is 27.9. The standard InChI is InChI=1S/C15H17N3O3S/c19-13-10-3-1-5-17(10)14(20)11-9-16(6-7-18(11)13)15(21)12-4-2-8-22-12/h2,4,8,10-11H,1,3,5-7,9H2/t10-,11+/m0/s1. The van der Waals surface area contributed by atoms with E-state index in [-0.39, 0.29) is 23.8 Å². The summed E-state index contributed by atoms with van der Waals surface area (Å²) in [6, 6.07) is 2.88. The van der Waals surface area contributed by atoms with E-state index < -0.39 is 6.04 Å². The van der Waals surface area contributed by atoms with Gasteiger partial charge in [-0.15, -0.1) is 11.3 Å². The summed E-state index contributed by atoms with van der Waals surface area (Å²) in [7, 11) is 0. The van der Waals surface area contributed by atoms with Crippen molar-refractivity contribution in [2.75, 3.05) is 26.2 Å². The molecule has 0 bridgehead atoms. The number of rotatable bonds is 1. The third-order valence-electron chi connectivity index (χ3n) is 4.79. The predicted molar refractivity (Wildman–Crippen MR) is 80.5 cm³/mol. The summed E-state index contributed by atoms with van der Waals surface area (Å²) in [5.41, 5.74) is 0. The fraction of sp³-hybridized carbons (Fsp3) is 0.533. The van der Waals surface area contributed by atoms with Crippen molar-refractivity contribution in [2.24, 2.45) is 0 Å². The molecule has 0 aliphatic carbocycles. The highest BCUT2D eigenvalue weighted by molar-refractivity contribution is 7.12. The molecule has 0 saturated carbocycles. The van der Waals surface area contributed by atoms with Gasteiger partial charge in [-0.05, 0) is 24.3 Å². The van der Waals surface area contributed by atoms with E-state index in [1.807, 2.05) is 11.4 Å². The first-order valence-electron chi connectivity index (χ1n) is 7.60. The van der Waals surface area contributed by atoms with Crippen LogP contribution >= 0.6 is 11.3 Å². The summed E-state index contributed by atoms with van der Waals surface area (Å²) in [6.07, 6.45) is 1.66. The van der Waals surface area contributed by atoms with Gasteiger partial charge in [0.1, 0.15) is 12.1 Å². The summed E-state index contributed by atoms with van der Waals surface area (Å²) in [5, 5.41) is 1.87. The number of carbonyl (C=O) groups is 3. The van der Waals surface area contributed by atoms with Crippen molar-refractivity contribution in [3.05, 3.63) is 22.4 Å². The molecule has 2 atom stereocenters. The van der Waals surface area contributed by atoms with Crippen molar-refractivity contribution < 1.29 is 14.4 Å². The van der Waals surface area contributed by atoms with E-state index in [2.05, 4.69) is 0 Å². The molecule has 22 heavy (non-hydrogen) atoms. The van der Waals surface area contributed by atoms with E-state index in [1.54, 1.807) is 20.8 Å². The lowest BCUT2D eigenvalue weighted by Crippen LogP contribution is -2.69. The van der Waals surface area contributed by atoms with Crippen LogP contribution in [0.1, 0.15) is 22.5 Å². The highest BCUT2D eigenvalue weighted by atomic mass is 32.1. The number of nitrogens with zero attached hydrogens (tertiary/aromatic N) is 3. The largest absolute Gasteiger partial charge is 0.334 e. The SMILES string of the molecule is O=C(c1cccs1)N1CCN2C(=O)[C@@H]3CCCN3C(=O)[C@H]2C1. The Kier molecular flexibility index (Phi) is 3.18. The fourth-order valence-electron chi connectivity index (χ4n) is 3.67. The molecule has 7 heteroatoms. The average Bonchev–Trinajstić information content (AvgIpc) is 3.22. The molecule has 1 aromatic heterocycles. The smallest absolute Gasteiger partial charge is 0.264 e. The Morgan fingerprint density at radius 2 is 1.86 bits per heavy atom. The van der Waals surface area contributed by atoms with Crippen LogP contribution in [-0.4, -0.2) is 70.7 Å². The van der Waals surface area contributed by atoms with Crippen molar-refractivity contribution in [3.63, 3.8) is 0 Å². The van der Waals surface area contributed by atoms with E-state index in [0.717, 1.165) is 12.8 Å². The van der Waals surface area contributed by atoms with Crippen molar-refractivity contribution in [1.82, 2.24) is 14.7 Å². The molecule has 1 aromatic rings. The number of thiophene rings is 1. The average molecular weight is 319 g/mol. The number of hydrogen-bond donors (Lipinski definition) is 0. The van der Waals surface area contributed by atoms with E-state index in [0.29, 0.717) is 31.1 Å². The minimum Gasteiger partial charge on any atom is -0.334 e. The highest BCUT2D eigenvalue weighted by Gasteiger charge is 2.49. The van der Waals surface area contributed by atoms with Gasteiger partial charge in [0, 0.05) is 19.6 Å². The monoisotopic (exact) mass is 319 g/mol. The van der Waals surface area contributed by atoms with Crippen molar-refractivity contribution in [2.45, 2.75) is 24.9 Å². The molecule has 3 saturated heterocycles. The molecule has 6 nitrogen and oxygen atoms in total. The van der Waals surface area contributed by atoms with E-state index in [9.17, 15) is 14.4 Å². The van der Waals surface area contributed by atoms with Crippen LogP contribution in [-0.2, 0) is 9.59 Å². The van der Waals surface area contributed by atoms with Crippen LogP contribution in [0.3, 0.4) is 0 Å². The number of amides is 3. The molecule has 4 heterocycles. The lowest BCUT2D eigenvalue weighted by Gasteiger charge is -2.47. The van der Waals surface area contributed by atoms with Crippen LogP contribution in [0.25, 0.3) is 0 Å². The summed E-state index contributed by atoms with van der Waals surface area (Å²) >= 11 is 1.40. The second-order valence-corrected chi connectivity index (χ2v) is 6.91. The molecule has 0 unspecified atom stereocenters. The topological polar surface area (TPSA) is 60.9 Å². The Labute approximate surface area is 132 Å². The Morgan fingerprint density at radius 1 is 1.09 bits per heavy atom. The minimum absolute atomic E-state index is 0.00535. The van der Waals surface area contributed by atoms with Crippen molar-refractivity contribution in [1.29, 1.82) is 0 Å². The minimum atomic E-state index is -0.500. The highest BCUT2D eigenvalue weighted by Crippen LogP contribution is 2.29. The maximum atomic E-state index is 12.6. The number of fused-ring (bicyclic) bond motifs is 2. The van der Waals surface area contributed by atoms with Crippen LogP contribution in [0.15, 0.2) is 17.5 Å². The summed E-state index contributed by atoms with van der Waals surface area (Å²) < 4.78 is 0. The van der Waals surface area contributed by atoms with Crippen LogP contribution in [0, 0.1) is 0 Å². The van der Waals surface area contributed by atoms with Gasteiger partial charge in [-0.1, -0.05) is 6.07 Å². The quantitative estimate of drug-likeness (QED) is 0.753. The van der Waals surface area contributed by atoms with E-state index >= 15 is 0 Å². The maximum Gasteiger partial charge on any atom is 0.264 e. The molecule has 3 amide bonds. The molecule has 3 aliphatic heterocycles. The molecule has 0 aromatic carbocycles. The third-order valence-corrected chi connectivity index (χ3v) is 5.65. The fourth-order valence-corrected chi connectivity index (χ4v) is 4.36. The van der Waals surface area contributed by atoms with E-state index in [1.165, 1.54) is 11.3 Å². The van der Waals surface area contributed by atoms with Crippen molar-refractivity contribution in [3.8, 4) is 0 Å². The van der Waals surface area contributed by atoms with Crippen molar-refractivity contribution >= 4 is 29.1 Å². The first kappa shape index (κ1) is 13.8. The Balaban J connectivity index is 1.56. The molecule has 4 rings (SSSR count). The Morgan fingerprint density at radius 3 is 2.64 bits per heavy atom. The molecule has 0 N–H and O–H groups in total. The maximum absolute atomic E-state index is 12.6. The predicted octanol–water partition coefficient (Wildman–Crippen LogP) is 0.406. The molecular weight excluding hydrogens is 302 g/mol. The Bertz CT molecular complexity index is 630. The summed E-state index contributed by atoms with van der Waals surface area (Å²) in [4.78, 5) is 43.4. The van der Waals surface area contributed by atoms with Gasteiger partial charge in [-0.25, -0.2) is 0 Å². The van der Waals surface area contributed by atoms with Gasteiger partial charge in [0.15, 0.2) is 0 Å². The third kappa shape index (κ3) is 1.95. The first-order valence-corrected chi connectivity index (χ1v) is 8.48. The lowest BCUT2D eigenvalue weighted by atomic mass is 10.0. The zero-order chi connectivity index (χ0) is 15.3. The first-order chi connectivity index (χ1) is 10.7. The van der Waals surface area contributed by atoms with Crippen LogP contribution in [0.5, 0.6) is 0 Å². The number of carbonyl (C=O) groups excluding carboxylic acids is 3. The summed E-state index contributed by atoms with van der Waals surface area (Å²) in [5.74, 6) is 0.0227. The van der Waals surface area contributed by atoms with E-state index in [4.69, 9.17) is 0 Å². The summed E-state index contributed by atoms with van der Waals surface area (Å²) in [6.45, 7) is 1.93. The second-order valence-electron chi connectivity index (χ2n) is 5.97. The van der Waals surface area contributed by atoms with Gasteiger partial charge >= 0.3 is 0 Å². The molecule has 3 aliphatic rings. The van der Waals surface area contributed by atoms with Crippen LogP contribution in [0.2, 0.25) is 0 Å².